The van der Waals surface area contributed by atoms with E-state index in [0.717, 1.165) is 35.6 Å². The predicted molar refractivity (Wildman–Crippen MR) is 84.1 cm³/mol. The lowest BCUT2D eigenvalue weighted by atomic mass is 10.1. The quantitative estimate of drug-likeness (QED) is 0.851. The molecule has 0 saturated heterocycles. The average molecular weight is 310 g/mol. The molecule has 118 valence electrons. The van der Waals surface area contributed by atoms with Gasteiger partial charge in [-0.2, -0.15) is 0 Å². The van der Waals surface area contributed by atoms with E-state index >= 15 is 0 Å². The van der Waals surface area contributed by atoms with Gasteiger partial charge in [0.2, 0.25) is 12.7 Å². The number of carbonyl (C=O) groups is 1. The molecular formula is C18H18N2O3. The zero-order valence-electron chi connectivity index (χ0n) is 12.8. The molecule has 2 heterocycles. The molecule has 23 heavy (non-hydrogen) atoms. The first-order chi connectivity index (χ1) is 11.3. The van der Waals surface area contributed by atoms with Gasteiger partial charge in [-0.1, -0.05) is 12.1 Å². The van der Waals surface area contributed by atoms with Crippen LogP contribution in [0.15, 0.2) is 42.6 Å². The summed E-state index contributed by atoms with van der Waals surface area (Å²) in [5.74, 6) is 1.60. The number of ether oxygens (including phenoxy) is 2. The molecule has 0 N–H and O–H groups in total. The molecule has 4 rings (SSSR count). The summed E-state index contributed by atoms with van der Waals surface area (Å²) >= 11 is 0. The lowest BCUT2D eigenvalue weighted by molar-refractivity contribution is -0.131. The van der Waals surface area contributed by atoms with Crippen molar-refractivity contribution in [2.24, 2.45) is 0 Å². The maximum absolute atomic E-state index is 12.7. The summed E-state index contributed by atoms with van der Waals surface area (Å²) < 4.78 is 10.7. The summed E-state index contributed by atoms with van der Waals surface area (Å²) in [6, 6.07) is 11.9. The second-order valence-electron chi connectivity index (χ2n) is 5.94. The van der Waals surface area contributed by atoms with Gasteiger partial charge >= 0.3 is 0 Å². The highest BCUT2D eigenvalue weighted by Gasteiger charge is 2.32. The first kappa shape index (κ1) is 14.1. The number of hydrogen-bond acceptors (Lipinski definition) is 4. The molecular weight excluding hydrogens is 292 g/mol. The lowest BCUT2D eigenvalue weighted by Crippen LogP contribution is -2.34. The Labute approximate surface area is 134 Å². The Morgan fingerprint density at radius 1 is 1.17 bits per heavy atom. The number of carbonyl (C=O) groups excluding carboxylic acids is 1. The van der Waals surface area contributed by atoms with Crippen LogP contribution in [0, 0.1) is 0 Å². The van der Waals surface area contributed by atoms with Gasteiger partial charge in [0.05, 0.1) is 18.7 Å². The Bertz CT molecular complexity index is 713. The van der Waals surface area contributed by atoms with E-state index in [1.165, 1.54) is 0 Å². The Morgan fingerprint density at radius 3 is 2.83 bits per heavy atom. The lowest BCUT2D eigenvalue weighted by Gasteiger charge is -2.22. The van der Waals surface area contributed by atoms with Crippen LogP contribution in [-0.2, 0) is 17.8 Å². The number of hydrogen-bond donors (Lipinski definition) is 0. The van der Waals surface area contributed by atoms with Crippen LogP contribution in [0.25, 0.3) is 0 Å². The van der Waals surface area contributed by atoms with Crippen molar-refractivity contribution in [3.05, 3.63) is 53.9 Å². The molecule has 0 radical (unpaired) electrons. The first-order valence-corrected chi connectivity index (χ1v) is 7.87. The Balaban J connectivity index is 1.47. The van der Waals surface area contributed by atoms with Crippen LogP contribution in [0.5, 0.6) is 11.5 Å². The number of benzene rings is 1. The second kappa shape index (κ2) is 5.91. The molecule has 1 aromatic heterocycles. The zero-order chi connectivity index (χ0) is 15.6. The maximum atomic E-state index is 12.7. The maximum Gasteiger partial charge on any atom is 0.231 e. The standard InChI is InChI=1S/C18H18N2O3/c21-18(10-13-4-7-16-17(9-13)23-12-22-16)20(15-5-6-15)11-14-3-1-2-8-19-14/h1-4,7-9,15H,5-6,10-12H2. The van der Waals surface area contributed by atoms with Gasteiger partial charge in [0.1, 0.15) is 0 Å². The summed E-state index contributed by atoms with van der Waals surface area (Å²) in [5.41, 5.74) is 1.88. The number of rotatable bonds is 5. The zero-order valence-corrected chi connectivity index (χ0v) is 12.8. The molecule has 0 atom stereocenters. The molecule has 1 aliphatic heterocycles. The largest absolute Gasteiger partial charge is 0.454 e. The normalized spacial score (nSPS) is 15.5. The van der Waals surface area contributed by atoms with Crippen molar-refractivity contribution >= 4 is 5.91 Å². The van der Waals surface area contributed by atoms with Crippen LogP contribution >= 0.6 is 0 Å². The summed E-state index contributed by atoms with van der Waals surface area (Å²) in [4.78, 5) is 19.0. The van der Waals surface area contributed by atoms with Crippen LogP contribution in [0.4, 0.5) is 0 Å². The van der Waals surface area contributed by atoms with E-state index in [2.05, 4.69) is 4.98 Å². The van der Waals surface area contributed by atoms with E-state index in [-0.39, 0.29) is 12.7 Å². The monoisotopic (exact) mass is 310 g/mol. The van der Waals surface area contributed by atoms with Gasteiger partial charge < -0.3 is 14.4 Å². The van der Waals surface area contributed by atoms with Gasteiger partial charge in [0.15, 0.2) is 11.5 Å². The molecule has 1 amide bonds. The summed E-state index contributed by atoms with van der Waals surface area (Å²) in [7, 11) is 0. The molecule has 0 spiro atoms. The third-order valence-electron chi connectivity index (χ3n) is 4.16. The molecule has 2 aliphatic rings. The van der Waals surface area contributed by atoms with Crippen molar-refractivity contribution in [1.82, 2.24) is 9.88 Å². The van der Waals surface area contributed by atoms with Gasteiger partial charge in [0, 0.05) is 12.2 Å². The smallest absolute Gasteiger partial charge is 0.231 e. The molecule has 5 heteroatoms. The minimum atomic E-state index is 0.136. The molecule has 1 saturated carbocycles. The van der Waals surface area contributed by atoms with Crippen LogP contribution < -0.4 is 9.47 Å². The topological polar surface area (TPSA) is 51.7 Å². The third-order valence-corrected chi connectivity index (χ3v) is 4.16. The Morgan fingerprint density at radius 2 is 2.04 bits per heavy atom. The van der Waals surface area contributed by atoms with Gasteiger partial charge in [-0.15, -0.1) is 0 Å². The molecule has 0 bridgehead atoms. The van der Waals surface area contributed by atoms with Crippen LogP contribution in [-0.4, -0.2) is 28.6 Å². The summed E-state index contributed by atoms with van der Waals surface area (Å²) in [6.07, 6.45) is 4.31. The van der Waals surface area contributed by atoms with E-state index in [1.807, 2.05) is 41.3 Å². The van der Waals surface area contributed by atoms with E-state index in [0.29, 0.717) is 19.0 Å². The van der Waals surface area contributed by atoms with E-state index in [4.69, 9.17) is 9.47 Å². The van der Waals surface area contributed by atoms with Crippen molar-refractivity contribution < 1.29 is 14.3 Å². The minimum absolute atomic E-state index is 0.136. The second-order valence-corrected chi connectivity index (χ2v) is 5.94. The summed E-state index contributed by atoms with van der Waals surface area (Å²) in [5, 5.41) is 0. The number of pyridine rings is 1. The van der Waals surface area contributed by atoms with Crippen molar-refractivity contribution in [2.45, 2.75) is 31.8 Å². The number of fused-ring (bicyclic) bond motifs is 1. The van der Waals surface area contributed by atoms with E-state index in [1.54, 1.807) is 6.20 Å². The van der Waals surface area contributed by atoms with Crippen LogP contribution in [0.1, 0.15) is 24.1 Å². The van der Waals surface area contributed by atoms with Crippen molar-refractivity contribution in [3.8, 4) is 11.5 Å². The molecule has 5 nitrogen and oxygen atoms in total. The molecule has 1 aromatic carbocycles. The van der Waals surface area contributed by atoms with Crippen LogP contribution in [0.3, 0.4) is 0 Å². The molecule has 1 aliphatic carbocycles. The fourth-order valence-corrected chi connectivity index (χ4v) is 2.80. The van der Waals surface area contributed by atoms with Gasteiger partial charge in [0.25, 0.3) is 0 Å². The molecule has 2 aromatic rings. The highest BCUT2D eigenvalue weighted by atomic mass is 16.7. The molecule has 1 fully saturated rings. The predicted octanol–water partition coefficient (Wildman–Crippen LogP) is 2.54. The minimum Gasteiger partial charge on any atom is -0.454 e. The fourth-order valence-electron chi connectivity index (χ4n) is 2.80. The Kier molecular flexibility index (Phi) is 3.61. The van der Waals surface area contributed by atoms with Gasteiger partial charge in [-0.05, 0) is 42.7 Å². The average Bonchev–Trinajstić information content (AvgIpc) is 3.30. The SMILES string of the molecule is O=C(Cc1ccc2c(c1)OCO2)N(Cc1ccccn1)C1CC1. The number of amides is 1. The first-order valence-electron chi connectivity index (χ1n) is 7.87. The van der Waals surface area contributed by atoms with Gasteiger partial charge in [-0.25, -0.2) is 0 Å². The fraction of sp³-hybridized carbons (Fsp3) is 0.333. The third kappa shape index (κ3) is 3.13. The van der Waals surface area contributed by atoms with Crippen molar-refractivity contribution in [2.75, 3.05) is 6.79 Å². The number of aromatic nitrogens is 1. The molecule has 0 unspecified atom stereocenters. The summed E-state index contributed by atoms with van der Waals surface area (Å²) in [6.45, 7) is 0.829. The van der Waals surface area contributed by atoms with Crippen LogP contribution in [0.2, 0.25) is 0 Å². The van der Waals surface area contributed by atoms with E-state index < -0.39 is 0 Å². The number of nitrogens with zero attached hydrogens (tertiary/aromatic N) is 2. The van der Waals surface area contributed by atoms with Crippen molar-refractivity contribution in [3.63, 3.8) is 0 Å². The van der Waals surface area contributed by atoms with Gasteiger partial charge in [-0.3, -0.25) is 9.78 Å². The Hall–Kier alpha value is -2.56. The highest BCUT2D eigenvalue weighted by Crippen LogP contribution is 2.33. The van der Waals surface area contributed by atoms with Crippen molar-refractivity contribution in [1.29, 1.82) is 0 Å². The highest BCUT2D eigenvalue weighted by molar-refractivity contribution is 5.79. The van der Waals surface area contributed by atoms with E-state index in [9.17, 15) is 4.79 Å².